The molecule has 2 aromatic carbocycles. The Morgan fingerprint density at radius 1 is 1.16 bits per heavy atom. The molecule has 0 atom stereocenters. The van der Waals surface area contributed by atoms with Gasteiger partial charge in [-0.15, -0.1) is 0 Å². The summed E-state index contributed by atoms with van der Waals surface area (Å²) in [7, 11) is 0. The fourth-order valence-electron chi connectivity index (χ4n) is 2.56. The summed E-state index contributed by atoms with van der Waals surface area (Å²) in [5.74, 6) is 0.285. The van der Waals surface area contributed by atoms with Gasteiger partial charge in [0.2, 0.25) is 0 Å². The van der Waals surface area contributed by atoms with Gasteiger partial charge in [-0.1, -0.05) is 67.2 Å². The average molecular weight is 333 g/mol. The molecule has 126 valence electrons. The zero-order valence-corrected chi connectivity index (χ0v) is 14.1. The molecule has 0 aliphatic carbocycles. The first kappa shape index (κ1) is 15.4. The Balaban J connectivity index is 2.18. The second-order valence-electron chi connectivity index (χ2n) is 5.52. The van der Waals surface area contributed by atoms with E-state index in [1.54, 1.807) is 0 Å². The van der Waals surface area contributed by atoms with Crippen LogP contribution in [0.3, 0.4) is 0 Å². The lowest BCUT2D eigenvalue weighted by Gasteiger charge is -2.14. The number of nitrogens with zero attached hydrogens (tertiary/aromatic N) is 2. The van der Waals surface area contributed by atoms with Crippen molar-refractivity contribution >= 4 is 5.76 Å². The number of aromatic nitrogens is 2. The van der Waals surface area contributed by atoms with E-state index in [1.807, 2.05) is 67.6 Å². The van der Waals surface area contributed by atoms with Crippen LogP contribution in [0, 0.1) is 0 Å². The van der Waals surface area contributed by atoms with Gasteiger partial charge in [-0.05, 0) is 12.5 Å². The van der Waals surface area contributed by atoms with Gasteiger partial charge in [0.1, 0.15) is 11.5 Å². The number of benzene rings is 2. The normalized spacial score (nSPS) is 11.0. The first-order chi connectivity index (χ1) is 12.6. The second kappa shape index (κ2) is 7.62. The first-order valence-electron chi connectivity index (χ1n) is 8.65. The predicted molar refractivity (Wildman–Crippen MR) is 100 cm³/mol. The van der Waals surface area contributed by atoms with Crippen LogP contribution in [0.4, 0.5) is 0 Å². The van der Waals surface area contributed by atoms with Crippen LogP contribution < -0.4 is 5.56 Å². The molecule has 3 rings (SSSR count). The molecule has 0 bridgehead atoms. The molecule has 4 heteroatoms. The quantitative estimate of drug-likeness (QED) is 0.641. The standard InChI is InChI=1S/C21H20N2O2/c1-3-25-16(2)19-14-20(24)23(15-17-10-6-4-7-11-17)22-21(19)18-12-8-5-9-13-18/h4-14H,2-3,15H2,1H3/i14D. The fourth-order valence-corrected chi connectivity index (χ4v) is 2.56. The SMILES string of the molecule is [2H]c1c(C(=C)OCC)c(-c2ccccc2)nn(Cc2ccccc2)c1=O. The van der Waals surface area contributed by atoms with Gasteiger partial charge < -0.3 is 4.74 Å². The van der Waals surface area contributed by atoms with Crippen LogP contribution in [0.25, 0.3) is 17.0 Å². The fraction of sp³-hybridized carbons (Fsp3) is 0.143. The van der Waals surface area contributed by atoms with Crippen LogP contribution in [0.15, 0.2) is 78.1 Å². The van der Waals surface area contributed by atoms with Crippen LogP contribution in [0.5, 0.6) is 0 Å². The highest BCUT2D eigenvalue weighted by molar-refractivity contribution is 5.74. The van der Waals surface area contributed by atoms with Gasteiger partial charge in [0.05, 0.1) is 14.5 Å². The monoisotopic (exact) mass is 333 g/mol. The lowest BCUT2D eigenvalue weighted by atomic mass is 10.1. The molecule has 1 aromatic heterocycles. The van der Waals surface area contributed by atoms with Crippen molar-refractivity contribution in [1.29, 1.82) is 0 Å². The molecule has 25 heavy (non-hydrogen) atoms. The third kappa shape index (κ3) is 3.86. The molecule has 0 spiro atoms. The third-order valence-electron chi connectivity index (χ3n) is 3.74. The van der Waals surface area contributed by atoms with Crippen molar-refractivity contribution in [2.24, 2.45) is 0 Å². The maximum absolute atomic E-state index is 12.7. The Morgan fingerprint density at radius 2 is 1.80 bits per heavy atom. The van der Waals surface area contributed by atoms with E-state index in [2.05, 4.69) is 11.7 Å². The summed E-state index contributed by atoms with van der Waals surface area (Å²) in [4.78, 5) is 12.7. The summed E-state index contributed by atoms with van der Waals surface area (Å²) in [6.45, 7) is 6.42. The van der Waals surface area contributed by atoms with Crippen molar-refractivity contribution in [3.63, 3.8) is 0 Å². The van der Waals surface area contributed by atoms with Gasteiger partial charge in [0, 0.05) is 17.2 Å². The molecule has 0 saturated carbocycles. The van der Waals surface area contributed by atoms with Crippen molar-refractivity contribution in [2.45, 2.75) is 13.5 Å². The Bertz CT molecular complexity index is 967. The van der Waals surface area contributed by atoms with Crippen LogP contribution >= 0.6 is 0 Å². The first-order valence-corrected chi connectivity index (χ1v) is 8.15. The highest BCUT2D eigenvalue weighted by Gasteiger charge is 2.14. The molecule has 4 nitrogen and oxygen atoms in total. The van der Waals surface area contributed by atoms with E-state index < -0.39 is 5.56 Å². The Hall–Kier alpha value is -3.14. The lowest BCUT2D eigenvalue weighted by molar-refractivity contribution is 0.299. The third-order valence-corrected chi connectivity index (χ3v) is 3.74. The van der Waals surface area contributed by atoms with Gasteiger partial charge in [-0.25, -0.2) is 4.68 Å². The maximum Gasteiger partial charge on any atom is 0.267 e. The minimum absolute atomic E-state index is 0.159. The van der Waals surface area contributed by atoms with Crippen LogP contribution in [-0.2, 0) is 11.3 Å². The highest BCUT2D eigenvalue weighted by Crippen LogP contribution is 2.25. The molecule has 1 heterocycles. The number of ether oxygens (including phenoxy) is 1. The van der Waals surface area contributed by atoms with Crippen LogP contribution in [0.1, 0.15) is 19.4 Å². The largest absolute Gasteiger partial charge is 0.494 e. The van der Waals surface area contributed by atoms with Crippen LogP contribution in [-0.4, -0.2) is 16.4 Å². The summed E-state index contributed by atoms with van der Waals surface area (Å²) in [6, 6.07) is 18.9. The summed E-state index contributed by atoms with van der Waals surface area (Å²) >= 11 is 0. The van der Waals surface area contributed by atoms with Gasteiger partial charge in [0.25, 0.3) is 5.56 Å². The molecular formula is C21H20N2O2. The van der Waals surface area contributed by atoms with Crippen LogP contribution in [0.2, 0.25) is 0 Å². The second-order valence-corrected chi connectivity index (χ2v) is 5.52. The minimum Gasteiger partial charge on any atom is -0.494 e. The zero-order chi connectivity index (χ0) is 18.5. The number of rotatable bonds is 6. The van der Waals surface area contributed by atoms with Gasteiger partial charge in [0.15, 0.2) is 0 Å². The van der Waals surface area contributed by atoms with E-state index >= 15 is 0 Å². The van der Waals surface area contributed by atoms with Gasteiger partial charge in [-0.2, -0.15) is 5.10 Å². The smallest absolute Gasteiger partial charge is 0.267 e. The molecule has 0 fully saturated rings. The van der Waals surface area contributed by atoms with E-state index in [4.69, 9.17) is 6.11 Å². The van der Waals surface area contributed by atoms with E-state index in [0.717, 1.165) is 11.1 Å². The van der Waals surface area contributed by atoms with Crippen molar-refractivity contribution in [1.82, 2.24) is 9.78 Å². The molecule has 0 aliphatic rings. The predicted octanol–water partition coefficient (Wildman–Crippen LogP) is 3.97. The highest BCUT2D eigenvalue weighted by atomic mass is 16.5. The van der Waals surface area contributed by atoms with E-state index in [9.17, 15) is 4.79 Å². The Kier molecular flexibility index (Phi) is 4.69. The Morgan fingerprint density at radius 3 is 2.44 bits per heavy atom. The van der Waals surface area contributed by atoms with Crippen molar-refractivity contribution < 1.29 is 6.11 Å². The summed E-state index contributed by atoms with van der Waals surface area (Å²) in [5, 5.41) is 4.55. The number of hydrogen-bond acceptors (Lipinski definition) is 3. The summed E-state index contributed by atoms with van der Waals surface area (Å²) < 4.78 is 15.2. The molecule has 0 unspecified atom stereocenters. The molecule has 0 radical (unpaired) electrons. The topological polar surface area (TPSA) is 44.1 Å². The molecule has 0 aliphatic heterocycles. The van der Waals surface area contributed by atoms with E-state index in [0.29, 0.717) is 24.4 Å². The van der Waals surface area contributed by atoms with E-state index in [1.165, 1.54) is 4.68 Å². The maximum atomic E-state index is 12.7. The molecule has 0 amide bonds. The van der Waals surface area contributed by atoms with Crippen molar-refractivity contribution in [2.75, 3.05) is 6.61 Å². The number of hydrogen-bond donors (Lipinski definition) is 0. The molecule has 3 aromatic rings. The van der Waals surface area contributed by atoms with Gasteiger partial charge >= 0.3 is 0 Å². The average Bonchev–Trinajstić information content (AvgIpc) is 2.67. The Labute approximate surface area is 148 Å². The van der Waals surface area contributed by atoms with Crippen molar-refractivity contribution in [3.05, 3.63) is 94.8 Å². The molecule has 0 N–H and O–H groups in total. The zero-order valence-electron chi connectivity index (χ0n) is 15.1. The molecule has 0 saturated heterocycles. The lowest BCUT2D eigenvalue weighted by Crippen LogP contribution is -2.24. The minimum atomic E-state index is -0.468. The molecular weight excluding hydrogens is 312 g/mol. The van der Waals surface area contributed by atoms with Crippen molar-refractivity contribution in [3.8, 4) is 11.3 Å². The van der Waals surface area contributed by atoms with E-state index in [-0.39, 0.29) is 11.8 Å². The summed E-state index contributed by atoms with van der Waals surface area (Å²) in [6.07, 6.45) is 0. The van der Waals surface area contributed by atoms with Gasteiger partial charge in [-0.3, -0.25) is 4.79 Å². The summed E-state index contributed by atoms with van der Waals surface area (Å²) in [5.41, 5.74) is 2.14.